The van der Waals surface area contributed by atoms with Gasteiger partial charge >= 0.3 is 0 Å². The minimum absolute atomic E-state index is 0.127. The normalized spacial score (nSPS) is 20.1. The Morgan fingerprint density at radius 2 is 2.17 bits per heavy atom. The van der Waals surface area contributed by atoms with Gasteiger partial charge in [0.25, 0.3) is 5.91 Å². The summed E-state index contributed by atoms with van der Waals surface area (Å²) in [6, 6.07) is 3.86. The molecule has 0 spiro atoms. The lowest BCUT2D eigenvalue weighted by Gasteiger charge is -2.16. The third kappa shape index (κ3) is 3.72. The molecule has 1 saturated carbocycles. The van der Waals surface area contributed by atoms with Gasteiger partial charge in [0.1, 0.15) is 5.82 Å². The quantitative estimate of drug-likeness (QED) is 0.844. The average molecular weight is 329 g/mol. The van der Waals surface area contributed by atoms with Crippen molar-refractivity contribution in [3.8, 4) is 0 Å². The molecule has 2 N–H and O–H groups in total. The molecule has 1 fully saturated rings. The molecular formula is C17H23N5O2. The molecule has 0 aromatic carbocycles. The van der Waals surface area contributed by atoms with Crippen LogP contribution in [0.2, 0.25) is 0 Å². The van der Waals surface area contributed by atoms with Crippen LogP contribution in [0.25, 0.3) is 0 Å². The summed E-state index contributed by atoms with van der Waals surface area (Å²) in [5, 5.41) is 14.2. The van der Waals surface area contributed by atoms with Crippen LogP contribution in [-0.2, 0) is 12.8 Å². The van der Waals surface area contributed by atoms with Crippen molar-refractivity contribution in [3.63, 3.8) is 0 Å². The Morgan fingerprint density at radius 3 is 2.92 bits per heavy atom. The fraction of sp³-hybridized carbons (Fsp3) is 0.529. The van der Waals surface area contributed by atoms with Gasteiger partial charge in [0.05, 0.1) is 5.56 Å². The largest absolute Gasteiger partial charge is 0.425 e. The SMILES string of the molecule is CCc1nnc(C[C@@H]2CC[C@H](Nc3ncccc3C(=O)NC)C2)o1. The Kier molecular flexibility index (Phi) is 5.08. The van der Waals surface area contributed by atoms with Crippen molar-refractivity contribution >= 4 is 11.7 Å². The van der Waals surface area contributed by atoms with Gasteiger partial charge in [-0.15, -0.1) is 10.2 Å². The first-order chi connectivity index (χ1) is 11.7. The van der Waals surface area contributed by atoms with E-state index in [1.54, 1.807) is 25.4 Å². The number of carbonyl (C=O) groups is 1. The molecule has 0 saturated heterocycles. The zero-order valence-corrected chi connectivity index (χ0v) is 14.1. The lowest BCUT2D eigenvalue weighted by Crippen LogP contribution is -2.23. The second-order valence-electron chi connectivity index (χ2n) is 6.15. The molecule has 7 heteroatoms. The highest BCUT2D eigenvalue weighted by Gasteiger charge is 2.27. The Morgan fingerprint density at radius 1 is 1.33 bits per heavy atom. The second kappa shape index (κ2) is 7.42. The number of pyridine rings is 1. The van der Waals surface area contributed by atoms with Crippen LogP contribution in [0.1, 0.15) is 48.3 Å². The summed E-state index contributed by atoms with van der Waals surface area (Å²) in [4.78, 5) is 16.2. The standard InChI is InChI=1S/C17H23N5O2/c1-3-14-21-22-15(24-14)10-11-6-7-12(9-11)20-16-13(17(23)18-2)5-4-8-19-16/h4-5,8,11-12H,3,6-7,9-10H2,1-2H3,(H,18,23)(H,19,20)/t11-,12+/m1/s1. The molecule has 1 amide bonds. The van der Waals surface area contributed by atoms with Crippen LogP contribution in [0.3, 0.4) is 0 Å². The summed E-state index contributed by atoms with van der Waals surface area (Å²) in [5.41, 5.74) is 0.577. The molecule has 1 aliphatic rings. The van der Waals surface area contributed by atoms with E-state index < -0.39 is 0 Å². The van der Waals surface area contributed by atoms with Crippen molar-refractivity contribution in [3.05, 3.63) is 35.7 Å². The molecule has 0 unspecified atom stereocenters. The number of carbonyl (C=O) groups excluding carboxylic acids is 1. The Labute approximate surface area is 141 Å². The Balaban J connectivity index is 1.59. The van der Waals surface area contributed by atoms with E-state index in [0.29, 0.717) is 29.2 Å². The summed E-state index contributed by atoms with van der Waals surface area (Å²) >= 11 is 0. The van der Waals surface area contributed by atoms with E-state index in [-0.39, 0.29) is 5.91 Å². The molecule has 2 heterocycles. The number of anilines is 1. The molecule has 0 aliphatic heterocycles. The van der Waals surface area contributed by atoms with Crippen LogP contribution in [-0.4, -0.2) is 34.2 Å². The summed E-state index contributed by atoms with van der Waals surface area (Å²) in [7, 11) is 1.62. The molecule has 2 atom stereocenters. The fourth-order valence-corrected chi connectivity index (χ4v) is 3.18. The molecule has 3 rings (SSSR count). The van der Waals surface area contributed by atoms with Gasteiger partial charge in [0.2, 0.25) is 11.8 Å². The van der Waals surface area contributed by atoms with E-state index in [0.717, 1.165) is 38.0 Å². The number of hydrogen-bond acceptors (Lipinski definition) is 6. The van der Waals surface area contributed by atoms with Gasteiger partial charge in [0, 0.05) is 32.1 Å². The predicted octanol–water partition coefficient (Wildman–Crippen LogP) is 2.21. The number of hydrogen-bond donors (Lipinski definition) is 2. The summed E-state index contributed by atoms with van der Waals surface area (Å²) in [5.74, 6) is 2.45. The second-order valence-corrected chi connectivity index (χ2v) is 6.15. The third-order valence-electron chi connectivity index (χ3n) is 4.44. The van der Waals surface area contributed by atoms with Gasteiger partial charge in [0.15, 0.2) is 0 Å². The van der Waals surface area contributed by atoms with Crippen LogP contribution in [0.4, 0.5) is 5.82 Å². The highest BCUT2D eigenvalue weighted by molar-refractivity contribution is 5.98. The van der Waals surface area contributed by atoms with Crippen molar-refractivity contribution < 1.29 is 9.21 Å². The van der Waals surface area contributed by atoms with E-state index in [9.17, 15) is 4.79 Å². The smallest absolute Gasteiger partial charge is 0.254 e. The fourth-order valence-electron chi connectivity index (χ4n) is 3.18. The van der Waals surface area contributed by atoms with Gasteiger partial charge in [-0.05, 0) is 37.3 Å². The molecule has 7 nitrogen and oxygen atoms in total. The van der Waals surface area contributed by atoms with Crippen LogP contribution >= 0.6 is 0 Å². The van der Waals surface area contributed by atoms with Crippen molar-refractivity contribution in [2.75, 3.05) is 12.4 Å². The molecule has 0 bridgehead atoms. The van der Waals surface area contributed by atoms with Crippen LogP contribution in [0.5, 0.6) is 0 Å². The first-order valence-electron chi connectivity index (χ1n) is 8.44. The third-order valence-corrected chi connectivity index (χ3v) is 4.44. The van der Waals surface area contributed by atoms with E-state index in [4.69, 9.17) is 4.42 Å². The average Bonchev–Trinajstić information content (AvgIpc) is 3.24. The first-order valence-corrected chi connectivity index (χ1v) is 8.44. The van der Waals surface area contributed by atoms with Gasteiger partial charge in [-0.2, -0.15) is 0 Å². The molecular weight excluding hydrogens is 306 g/mol. The molecule has 128 valence electrons. The minimum Gasteiger partial charge on any atom is -0.425 e. The van der Waals surface area contributed by atoms with E-state index in [1.165, 1.54) is 0 Å². The molecule has 24 heavy (non-hydrogen) atoms. The summed E-state index contributed by atoms with van der Waals surface area (Å²) in [6.07, 6.45) is 6.44. The molecule has 2 aromatic heterocycles. The maximum Gasteiger partial charge on any atom is 0.254 e. The maximum atomic E-state index is 11.9. The van der Waals surface area contributed by atoms with Crippen LogP contribution in [0, 0.1) is 5.92 Å². The minimum atomic E-state index is -0.127. The van der Waals surface area contributed by atoms with E-state index in [2.05, 4.69) is 25.8 Å². The number of nitrogens with zero attached hydrogens (tertiary/aromatic N) is 3. The zero-order valence-electron chi connectivity index (χ0n) is 14.1. The van der Waals surface area contributed by atoms with Gasteiger partial charge in [-0.3, -0.25) is 4.79 Å². The highest BCUT2D eigenvalue weighted by atomic mass is 16.4. The number of aryl methyl sites for hydroxylation is 1. The van der Waals surface area contributed by atoms with Crippen molar-refractivity contribution in [2.45, 2.75) is 45.1 Å². The Hall–Kier alpha value is -2.44. The number of aromatic nitrogens is 3. The number of rotatable bonds is 6. The zero-order chi connectivity index (χ0) is 16.9. The predicted molar refractivity (Wildman–Crippen MR) is 89.8 cm³/mol. The maximum absolute atomic E-state index is 11.9. The topological polar surface area (TPSA) is 92.9 Å². The van der Waals surface area contributed by atoms with E-state index in [1.807, 2.05) is 6.92 Å². The highest BCUT2D eigenvalue weighted by Crippen LogP contribution is 2.30. The number of nitrogens with one attached hydrogen (secondary N) is 2. The molecule has 0 radical (unpaired) electrons. The van der Waals surface area contributed by atoms with Crippen molar-refractivity contribution in [1.29, 1.82) is 0 Å². The lowest BCUT2D eigenvalue weighted by molar-refractivity contribution is 0.0963. The van der Waals surface area contributed by atoms with Gasteiger partial charge in [-0.25, -0.2) is 4.98 Å². The van der Waals surface area contributed by atoms with Crippen molar-refractivity contribution in [1.82, 2.24) is 20.5 Å². The molecule has 1 aliphatic carbocycles. The lowest BCUT2D eigenvalue weighted by atomic mass is 10.0. The van der Waals surface area contributed by atoms with Crippen molar-refractivity contribution in [2.24, 2.45) is 5.92 Å². The summed E-state index contributed by atoms with van der Waals surface area (Å²) < 4.78 is 5.61. The number of amides is 1. The van der Waals surface area contributed by atoms with Crippen LogP contribution in [0.15, 0.2) is 22.7 Å². The van der Waals surface area contributed by atoms with Gasteiger partial charge < -0.3 is 15.1 Å². The van der Waals surface area contributed by atoms with E-state index >= 15 is 0 Å². The van der Waals surface area contributed by atoms with Crippen LogP contribution < -0.4 is 10.6 Å². The van der Waals surface area contributed by atoms with Gasteiger partial charge in [-0.1, -0.05) is 6.92 Å². The molecule has 2 aromatic rings. The monoisotopic (exact) mass is 329 g/mol. The first kappa shape index (κ1) is 16.4. The Bertz CT molecular complexity index is 700. The summed E-state index contributed by atoms with van der Waals surface area (Å²) in [6.45, 7) is 2.00.